The lowest BCUT2D eigenvalue weighted by molar-refractivity contribution is 0.202. The molecule has 0 aromatic heterocycles. The maximum Gasteiger partial charge on any atom is 0.119 e. The molecule has 1 aromatic carbocycles. The van der Waals surface area contributed by atoms with Gasteiger partial charge < -0.3 is 15.6 Å². The highest BCUT2D eigenvalue weighted by molar-refractivity contribution is 5.85. The largest absolute Gasteiger partial charge is 0.494 e. The summed E-state index contributed by atoms with van der Waals surface area (Å²) >= 11 is 0. The minimum Gasteiger partial charge on any atom is -0.494 e. The van der Waals surface area contributed by atoms with Crippen LogP contribution in [0.2, 0.25) is 0 Å². The van der Waals surface area contributed by atoms with Crippen LogP contribution in [-0.4, -0.2) is 18.3 Å². The van der Waals surface area contributed by atoms with Gasteiger partial charge in [-0.3, -0.25) is 0 Å². The molecular weight excluding hydrogens is 322 g/mol. The predicted molar refractivity (Wildman–Crippen MR) is 105 cm³/mol. The van der Waals surface area contributed by atoms with E-state index in [2.05, 4.69) is 26.0 Å². The fourth-order valence-corrected chi connectivity index (χ4v) is 2.89. The molecule has 140 valence electrons. The Balaban J connectivity index is 0.00000529. The van der Waals surface area contributed by atoms with Crippen LogP contribution in [0.15, 0.2) is 24.3 Å². The molecule has 4 heteroatoms. The van der Waals surface area contributed by atoms with E-state index in [1.165, 1.54) is 25.7 Å². The predicted octanol–water partition coefficient (Wildman–Crippen LogP) is 5.26. The second kappa shape index (κ2) is 14.6. The normalized spacial score (nSPS) is 13.2. The first-order valence-electron chi connectivity index (χ1n) is 9.30. The number of benzene rings is 1. The highest BCUT2D eigenvalue weighted by Gasteiger charge is 2.13. The first-order chi connectivity index (χ1) is 11.2. The average molecular weight is 358 g/mol. The van der Waals surface area contributed by atoms with Gasteiger partial charge in [-0.2, -0.15) is 0 Å². The van der Waals surface area contributed by atoms with Crippen LogP contribution in [-0.2, 0) is 0 Å². The van der Waals surface area contributed by atoms with Gasteiger partial charge in [-0.15, -0.1) is 12.4 Å². The van der Waals surface area contributed by atoms with Crippen molar-refractivity contribution < 1.29 is 9.84 Å². The van der Waals surface area contributed by atoms with Crippen molar-refractivity contribution in [3.8, 4) is 5.75 Å². The minimum atomic E-state index is -0.0122. The van der Waals surface area contributed by atoms with Crippen molar-refractivity contribution in [3.05, 3.63) is 29.8 Å². The molecule has 2 atom stereocenters. The van der Waals surface area contributed by atoms with Crippen molar-refractivity contribution in [1.29, 1.82) is 0 Å². The van der Waals surface area contributed by atoms with Crippen molar-refractivity contribution in [3.63, 3.8) is 0 Å². The molecule has 1 rings (SSSR count). The third kappa shape index (κ3) is 9.51. The topological polar surface area (TPSA) is 55.5 Å². The zero-order valence-electron chi connectivity index (χ0n) is 15.4. The SMILES string of the molecule is CCCCCCCOc1ccc(C(N)CC(CO)CCC)cc1.Cl. The summed E-state index contributed by atoms with van der Waals surface area (Å²) in [6, 6.07) is 8.11. The van der Waals surface area contributed by atoms with E-state index in [-0.39, 0.29) is 25.1 Å². The Kier molecular flexibility index (Phi) is 14.1. The molecule has 0 heterocycles. The van der Waals surface area contributed by atoms with Gasteiger partial charge in [0.25, 0.3) is 0 Å². The maximum atomic E-state index is 9.40. The Morgan fingerprint density at radius 3 is 2.25 bits per heavy atom. The molecule has 0 fully saturated rings. The number of halogens is 1. The summed E-state index contributed by atoms with van der Waals surface area (Å²) in [6.07, 6.45) is 9.22. The monoisotopic (exact) mass is 357 g/mol. The van der Waals surface area contributed by atoms with Crippen molar-refractivity contribution in [2.24, 2.45) is 11.7 Å². The number of hydrogen-bond donors (Lipinski definition) is 2. The fourth-order valence-electron chi connectivity index (χ4n) is 2.89. The summed E-state index contributed by atoms with van der Waals surface area (Å²) in [7, 11) is 0. The van der Waals surface area contributed by atoms with Gasteiger partial charge in [0.05, 0.1) is 6.61 Å². The molecule has 1 aromatic rings. The van der Waals surface area contributed by atoms with Gasteiger partial charge in [0, 0.05) is 12.6 Å². The van der Waals surface area contributed by atoms with Crippen molar-refractivity contribution in [2.75, 3.05) is 13.2 Å². The van der Waals surface area contributed by atoms with Crippen LogP contribution in [0.4, 0.5) is 0 Å². The molecule has 24 heavy (non-hydrogen) atoms. The fraction of sp³-hybridized carbons (Fsp3) is 0.700. The number of nitrogens with two attached hydrogens (primary N) is 1. The van der Waals surface area contributed by atoms with Gasteiger partial charge in [-0.1, -0.05) is 58.1 Å². The zero-order valence-corrected chi connectivity index (χ0v) is 16.2. The number of rotatable bonds is 13. The third-order valence-corrected chi connectivity index (χ3v) is 4.37. The van der Waals surface area contributed by atoms with Gasteiger partial charge in [-0.25, -0.2) is 0 Å². The van der Waals surface area contributed by atoms with E-state index >= 15 is 0 Å². The number of unbranched alkanes of at least 4 members (excludes halogenated alkanes) is 4. The Bertz CT molecular complexity index is 397. The Labute approximate surface area is 154 Å². The Morgan fingerprint density at radius 1 is 1.00 bits per heavy atom. The lowest BCUT2D eigenvalue weighted by Crippen LogP contribution is -2.17. The zero-order chi connectivity index (χ0) is 16.9. The molecule has 3 N–H and O–H groups in total. The molecule has 0 bridgehead atoms. The summed E-state index contributed by atoms with van der Waals surface area (Å²) in [4.78, 5) is 0. The lowest BCUT2D eigenvalue weighted by atomic mass is 9.93. The van der Waals surface area contributed by atoms with Crippen LogP contribution in [0, 0.1) is 5.92 Å². The van der Waals surface area contributed by atoms with Gasteiger partial charge in [0.2, 0.25) is 0 Å². The summed E-state index contributed by atoms with van der Waals surface area (Å²) in [5.41, 5.74) is 7.39. The molecule has 0 spiro atoms. The average Bonchev–Trinajstić information content (AvgIpc) is 2.58. The van der Waals surface area contributed by atoms with Crippen LogP contribution in [0.5, 0.6) is 5.75 Å². The molecule has 0 saturated carbocycles. The molecule has 0 amide bonds. The maximum absolute atomic E-state index is 9.40. The first-order valence-corrected chi connectivity index (χ1v) is 9.30. The molecule has 2 unspecified atom stereocenters. The molecule has 0 aliphatic heterocycles. The van der Waals surface area contributed by atoms with Crippen LogP contribution in [0.1, 0.15) is 76.8 Å². The van der Waals surface area contributed by atoms with Crippen LogP contribution < -0.4 is 10.5 Å². The third-order valence-electron chi connectivity index (χ3n) is 4.37. The second-order valence-electron chi connectivity index (χ2n) is 6.51. The Morgan fingerprint density at radius 2 is 1.67 bits per heavy atom. The van der Waals surface area contributed by atoms with E-state index in [9.17, 15) is 5.11 Å². The van der Waals surface area contributed by atoms with Gasteiger partial charge in [0.1, 0.15) is 5.75 Å². The van der Waals surface area contributed by atoms with E-state index in [0.717, 1.165) is 43.6 Å². The first kappa shape index (κ1) is 23.2. The number of ether oxygens (including phenoxy) is 1. The van der Waals surface area contributed by atoms with Crippen molar-refractivity contribution in [1.82, 2.24) is 0 Å². The van der Waals surface area contributed by atoms with E-state index in [1.54, 1.807) is 0 Å². The van der Waals surface area contributed by atoms with E-state index in [4.69, 9.17) is 10.5 Å². The van der Waals surface area contributed by atoms with Crippen molar-refractivity contribution >= 4 is 12.4 Å². The number of aliphatic hydroxyl groups excluding tert-OH is 1. The molecular formula is C20H36ClNO2. The summed E-state index contributed by atoms with van der Waals surface area (Å²) in [5.74, 6) is 1.22. The van der Waals surface area contributed by atoms with E-state index in [0.29, 0.717) is 5.92 Å². The summed E-state index contributed by atoms with van der Waals surface area (Å²) in [6.45, 7) is 5.38. The van der Waals surface area contributed by atoms with Crippen LogP contribution in [0.25, 0.3) is 0 Å². The lowest BCUT2D eigenvalue weighted by Gasteiger charge is -2.19. The molecule has 3 nitrogen and oxygen atoms in total. The van der Waals surface area contributed by atoms with E-state index < -0.39 is 0 Å². The Hall–Kier alpha value is -0.770. The number of hydrogen-bond acceptors (Lipinski definition) is 3. The minimum absolute atomic E-state index is 0. The van der Waals surface area contributed by atoms with Crippen LogP contribution >= 0.6 is 12.4 Å². The van der Waals surface area contributed by atoms with Gasteiger partial charge >= 0.3 is 0 Å². The van der Waals surface area contributed by atoms with Crippen molar-refractivity contribution in [2.45, 2.75) is 71.3 Å². The highest BCUT2D eigenvalue weighted by Crippen LogP contribution is 2.24. The van der Waals surface area contributed by atoms with E-state index in [1.807, 2.05) is 12.1 Å². The van der Waals surface area contributed by atoms with Gasteiger partial charge in [0.15, 0.2) is 0 Å². The standard InChI is InChI=1S/C20H35NO2.ClH/c1-3-5-6-7-8-14-23-19-12-10-18(11-13-19)20(21)15-17(16-22)9-4-2;/h10-13,17,20,22H,3-9,14-16,21H2,1-2H3;1H. The molecule has 0 aliphatic carbocycles. The molecule has 0 radical (unpaired) electrons. The van der Waals surface area contributed by atoms with Crippen LogP contribution in [0.3, 0.4) is 0 Å². The second-order valence-corrected chi connectivity index (χ2v) is 6.51. The highest BCUT2D eigenvalue weighted by atomic mass is 35.5. The summed E-state index contributed by atoms with van der Waals surface area (Å²) < 4.78 is 5.78. The molecule has 0 aliphatic rings. The number of aliphatic hydroxyl groups is 1. The van der Waals surface area contributed by atoms with Gasteiger partial charge in [-0.05, 0) is 42.9 Å². The quantitative estimate of drug-likeness (QED) is 0.473. The summed E-state index contributed by atoms with van der Waals surface area (Å²) in [5, 5.41) is 9.40. The molecule has 0 saturated heterocycles. The smallest absolute Gasteiger partial charge is 0.119 e.